The molecule has 3 aromatic carbocycles. The van der Waals surface area contributed by atoms with Crippen LogP contribution in [0.5, 0.6) is 11.5 Å². The summed E-state index contributed by atoms with van der Waals surface area (Å²) >= 11 is 0. The van der Waals surface area contributed by atoms with Gasteiger partial charge in [-0.1, -0.05) is 42.5 Å². The number of fused-ring (bicyclic) bond motifs is 1. The van der Waals surface area contributed by atoms with Crippen LogP contribution in [-0.2, 0) is 21.1 Å². The zero-order chi connectivity index (χ0) is 17.9. The third kappa shape index (κ3) is 3.91. The summed E-state index contributed by atoms with van der Waals surface area (Å²) in [5.41, 5.74) is 2.69. The molecule has 1 aromatic heterocycles. The van der Waals surface area contributed by atoms with E-state index in [2.05, 4.69) is 9.98 Å². The fourth-order valence-electron chi connectivity index (χ4n) is 2.91. The second-order valence-electron chi connectivity index (χ2n) is 5.88. The largest absolute Gasteiger partial charge is 0.507 e. The van der Waals surface area contributed by atoms with E-state index in [-0.39, 0.29) is 32.6 Å². The molecule has 4 aromatic rings. The first-order valence-electron chi connectivity index (χ1n) is 8.22. The molecule has 0 amide bonds. The summed E-state index contributed by atoms with van der Waals surface area (Å²) in [6, 6.07) is 23.7. The van der Waals surface area contributed by atoms with Gasteiger partial charge in [-0.25, -0.2) is 4.98 Å². The number of rotatable bonds is 3. The van der Waals surface area contributed by atoms with Crippen LogP contribution in [0.15, 0.2) is 83.9 Å². The van der Waals surface area contributed by atoms with Gasteiger partial charge in [0.15, 0.2) is 0 Å². The average molecular weight is 535 g/mol. The van der Waals surface area contributed by atoms with Crippen LogP contribution in [0.4, 0.5) is 5.69 Å². The summed E-state index contributed by atoms with van der Waals surface area (Å²) in [6.07, 6.45) is 1.66. The number of benzene rings is 3. The van der Waals surface area contributed by atoms with Gasteiger partial charge in [0.1, 0.15) is 11.5 Å². The Hall–Kier alpha value is -2.97. The summed E-state index contributed by atoms with van der Waals surface area (Å²) in [5, 5.41) is 21.8. The molecule has 0 aliphatic carbocycles. The van der Waals surface area contributed by atoms with E-state index in [0.717, 1.165) is 5.39 Å². The normalized spacial score (nSPS) is 10.8. The van der Waals surface area contributed by atoms with E-state index in [1.54, 1.807) is 24.4 Å². The molecule has 2 N–H and O–H groups in total. The maximum Gasteiger partial charge on any atom is 0.125 e. The van der Waals surface area contributed by atoms with E-state index in [0.29, 0.717) is 28.0 Å². The summed E-state index contributed by atoms with van der Waals surface area (Å²) in [7, 11) is 0. The molecule has 0 saturated heterocycles. The number of pyridine rings is 1. The van der Waals surface area contributed by atoms with Crippen molar-refractivity contribution in [3.8, 4) is 22.8 Å². The van der Waals surface area contributed by atoms with Crippen LogP contribution < -0.4 is 0 Å². The van der Waals surface area contributed by atoms with Gasteiger partial charge in [0, 0.05) is 32.0 Å². The van der Waals surface area contributed by atoms with Gasteiger partial charge in [-0.05, 0) is 41.8 Å². The van der Waals surface area contributed by atoms with E-state index in [9.17, 15) is 10.2 Å². The van der Waals surface area contributed by atoms with E-state index in [1.807, 2.05) is 60.7 Å². The molecule has 0 saturated carbocycles. The third-order valence-corrected chi connectivity index (χ3v) is 4.15. The molecule has 136 valence electrons. The SMILES string of the molecule is Oc1ccccc1-c1cccc(C=Nc2cccc3cccc(O)c23)n1.[Pt]. The summed E-state index contributed by atoms with van der Waals surface area (Å²) in [4.78, 5) is 9.06. The summed E-state index contributed by atoms with van der Waals surface area (Å²) in [6.45, 7) is 0. The number of aliphatic imine (C=N–C) groups is 1. The van der Waals surface area contributed by atoms with Crippen LogP contribution in [-0.4, -0.2) is 21.4 Å². The number of aromatic hydroxyl groups is 2. The Morgan fingerprint density at radius 3 is 2.26 bits per heavy atom. The second-order valence-corrected chi connectivity index (χ2v) is 5.88. The van der Waals surface area contributed by atoms with Gasteiger partial charge < -0.3 is 10.2 Å². The molecule has 4 rings (SSSR count). The van der Waals surface area contributed by atoms with Crippen molar-refractivity contribution in [2.24, 2.45) is 4.99 Å². The molecule has 0 atom stereocenters. The molecule has 0 bridgehead atoms. The van der Waals surface area contributed by atoms with Crippen molar-refractivity contribution >= 4 is 22.7 Å². The average Bonchev–Trinajstić information content (AvgIpc) is 2.67. The molecule has 1 heterocycles. The van der Waals surface area contributed by atoms with Crippen LogP contribution >= 0.6 is 0 Å². The van der Waals surface area contributed by atoms with E-state index < -0.39 is 0 Å². The number of nitrogens with zero attached hydrogens (tertiary/aromatic N) is 2. The number of phenolic OH excluding ortho intramolecular Hbond substituents is 2. The summed E-state index contributed by atoms with van der Waals surface area (Å²) < 4.78 is 0. The minimum Gasteiger partial charge on any atom is -0.507 e. The molecule has 0 radical (unpaired) electrons. The Bertz CT molecular complexity index is 1120. The van der Waals surface area contributed by atoms with Gasteiger partial charge in [0.25, 0.3) is 0 Å². The molecule has 0 spiro atoms. The number of hydrogen-bond donors (Lipinski definition) is 2. The predicted molar refractivity (Wildman–Crippen MR) is 104 cm³/mol. The molecule has 0 fully saturated rings. The van der Waals surface area contributed by atoms with Gasteiger partial charge in [-0.15, -0.1) is 0 Å². The molecule has 0 aliphatic rings. The molecular formula is C22H16N2O2Pt. The van der Waals surface area contributed by atoms with Crippen LogP contribution in [0.2, 0.25) is 0 Å². The second kappa shape index (κ2) is 8.15. The van der Waals surface area contributed by atoms with Crippen molar-refractivity contribution in [1.29, 1.82) is 0 Å². The first-order valence-corrected chi connectivity index (χ1v) is 8.22. The summed E-state index contributed by atoms with van der Waals surface area (Å²) in [5.74, 6) is 0.388. The van der Waals surface area contributed by atoms with Gasteiger partial charge >= 0.3 is 0 Å². The molecule has 5 heteroatoms. The van der Waals surface area contributed by atoms with Crippen molar-refractivity contribution < 1.29 is 31.3 Å². The Morgan fingerprint density at radius 2 is 1.44 bits per heavy atom. The van der Waals surface area contributed by atoms with Crippen LogP contribution in [0.25, 0.3) is 22.0 Å². The van der Waals surface area contributed by atoms with Crippen molar-refractivity contribution in [1.82, 2.24) is 4.98 Å². The van der Waals surface area contributed by atoms with E-state index >= 15 is 0 Å². The van der Waals surface area contributed by atoms with Gasteiger partial charge in [-0.2, -0.15) is 0 Å². The predicted octanol–water partition coefficient (Wildman–Crippen LogP) is 5.06. The van der Waals surface area contributed by atoms with Crippen molar-refractivity contribution in [2.75, 3.05) is 0 Å². The van der Waals surface area contributed by atoms with Crippen molar-refractivity contribution in [3.63, 3.8) is 0 Å². The van der Waals surface area contributed by atoms with Crippen molar-refractivity contribution in [3.05, 3.63) is 84.6 Å². The van der Waals surface area contributed by atoms with E-state index in [1.165, 1.54) is 0 Å². The fourth-order valence-corrected chi connectivity index (χ4v) is 2.91. The monoisotopic (exact) mass is 535 g/mol. The van der Waals surface area contributed by atoms with E-state index in [4.69, 9.17) is 0 Å². The minimum absolute atomic E-state index is 0. The van der Waals surface area contributed by atoms with Crippen LogP contribution in [0.1, 0.15) is 5.69 Å². The first kappa shape index (κ1) is 18.8. The Labute approximate surface area is 171 Å². The molecule has 27 heavy (non-hydrogen) atoms. The Kier molecular flexibility index (Phi) is 5.68. The molecule has 0 aliphatic heterocycles. The van der Waals surface area contributed by atoms with Crippen LogP contribution in [0.3, 0.4) is 0 Å². The standard InChI is InChI=1S/C22H16N2O2.Pt/c25-20-12-2-1-9-17(20)18-10-5-8-16(24-18)14-23-19-11-3-6-15-7-4-13-21(26)22(15)19;/h1-14,25-26H;. The van der Waals surface area contributed by atoms with Gasteiger partial charge in [0.2, 0.25) is 0 Å². The maximum atomic E-state index is 10.2. The topological polar surface area (TPSA) is 65.7 Å². The van der Waals surface area contributed by atoms with Gasteiger partial charge in [-0.3, -0.25) is 4.99 Å². The fraction of sp³-hybridized carbons (Fsp3) is 0. The van der Waals surface area contributed by atoms with Crippen LogP contribution in [0, 0.1) is 0 Å². The Morgan fingerprint density at radius 1 is 0.741 bits per heavy atom. The zero-order valence-electron chi connectivity index (χ0n) is 14.2. The number of phenols is 2. The third-order valence-electron chi connectivity index (χ3n) is 4.15. The minimum atomic E-state index is 0. The maximum absolute atomic E-state index is 10.2. The smallest absolute Gasteiger partial charge is 0.125 e. The first-order chi connectivity index (χ1) is 12.7. The molecule has 0 unspecified atom stereocenters. The number of hydrogen-bond acceptors (Lipinski definition) is 4. The molecule has 4 nitrogen and oxygen atoms in total. The number of para-hydroxylation sites is 1. The van der Waals surface area contributed by atoms with Gasteiger partial charge in [0.05, 0.1) is 23.3 Å². The zero-order valence-corrected chi connectivity index (χ0v) is 16.5. The van der Waals surface area contributed by atoms with Crippen molar-refractivity contribution in [2.45, 2.75) is 0 Å². The number of aromatic nitrogens is 1. The quantitative estimate of drug-likeness (QED) is 0.361. The Balaban J connectivity index is 0.00000210. The molecular weight excluding hydrogens is 519 g/mol.